The summed E-state index contributed by atoms with van der Waals surface area (Å²) in [6.07, 6.45) is 7.06. The molecule has 1 amide bonds. The van der Waals surface area contributed by atoms with Crippen LogP contribution in [0.15, 0.2) is 0 Å². The monoisotopic (exact) mass is 283 g/mol. The number of nitrogens with zero attached hydrogens (tertiary/aromatic N) is 1. The van der Waals surface area contributed by atoms with E-state index >= 15 is 0 Å². The van der Waals surface area contributed by atoms with E-state index in [-0.39, 0.29) is 18.6 Å². The van der Waals surface area contributed by atoms with Gasteiger partial charge in [0.2, 0.25) is 5.91 Å². The standard InChI is InChI=1S/C15H29N3O2/c1-12(15(20)17-13-5-2-3-6-13)18(9-10-19)11-14-7-4-8-16-14/h12-14,16,19H,2-11H2,1H3,(H,17,20). The maximum atomic E-state index is 12.3. The van der Waals surface area contributed by atoms with Crippen LogP contribution in [0.1, 0.15) is 45.4 Å². The van der Waals surface area contributed by atoms with E-state index in [1.54, 1.807) is 0 Å². The molecule has 1 saturated heterocycles. The van der Waals surface area contributed by atoms with Crippen molar-refractivity contribution in [2.45, 2.75) is 63.6 Å². The second kappa shape index (κ2) is 7.96. The lowest BCUT2D eigenvalue weighted by Gasteiger charge is -2.30. The van der Waals surface area contributed by atoms with Gasteiger partial charge in [0.15, 0.2) is 0 Å². The SMILES string of the molecule is CC(C(=O)NC1CCCC1)N(CCO)CC1CCCN1. The van der Waals surface area contributed by atoms with Crippen LogP contribution in [0.2, 0.25) is 0 Å². The van der Waals surface area contributed by atoms with Gasteiger partial charge in [-0.1, -0.05) is 12.8 Å². The number of nitrogens with one attached hydrogen (secondary N) is 2. The van der Waals surface area contributed by atoms with Crippen molar-refractivity contribution in [2.75, 3.05) is 26.2 Å². The Hall–Kier alpha value is -0.650. The molecule has 116 valence electrons. The smallest absolute Gasteiger partial charge is 0.237 e. The normalized spacial score (nSPS) is 25.2. The number of carbonyl (C=O) groups is 1. The lowest BCUT2D eigenvalue weighted by atomic mass is 10.1. The summed E-state index contributed by atoms with van der Waals surface area (Å²) in [7, 11) is 0. The van der Waals surface area contributed by atoms with Gasteiger partial charge in [0.25, 0.3) is 0 Å². The van der Waals surface area contributed by atoms with Crippen molar-refractivity contribution in [1.82, 2.24) is 15.5 Å². The van der Waals surface area contributed by atoms with E-state index in [0.717, 1.165) is 25.9 Å². The highest BCUT2D eigenvalue weighted by Gasteiger charge is 2.27. The molecule has 1 heterocycles. The minimum Gasteiger partial charge on any atom is -0.395 e. The van der Waals surface area contributed by atoms with Gasteiger partial charge in [-0.25, -0.2) is 0 Å². The van der Waals surface area contributed by atoms with Gasteiger partial charge in [0, 0.05) is 25.2 Å². The van der Waals surface area contributed by atoms with Crippen LogP contribution in [0.5, 0.6) is 0 Å². The van der Waals surface area contributed by atoms with E-state index in [1.807, 2.05) is 6.92 Å². The second-order valence-electron chi connectivity index (χ2n) is 6.18. The first-order chi connectivity index (χ1) is 9.70. The van der Waals surface area contributed by atoms with Crippen LogP contribution in [0, 0.1) is 0 Å². The van der Waals surface area contributed by atoms with Crippen LogP contribution in [0.25, 0.3) is 0 Å². The van der Waals surface area contributed by atoms with Crippen molar-refractivity contribution in [3.63, 3.8) is 0 Å². The van der Waals surface area contributed by atoms with Crippen molar-refractivity contribution >= 4 is 5.91 Å². The lowest BCUT2D eigenvalue weighted by Crippen LogP contribution is -2.51. The summed E-state index contributed by atoms with van der Waals surface area (Å²) < 4.78 is 0. The first kappa shape index (κ1) is 15.7. The van der Waals surface area contributed by atoms with E-state index in [4.69, 9.17) is 0 Å². The molecule has 20 heavy (non-hydrogen) atoms. The van der Waals surface area contributed by atoms with Crippen LogP contribution in [0.3, 0.4) is 0 Å². The molecule has 3 N–H and O–H groups in total. The van der Waals surface area contributed by atoms with Gasteiger partial charge in [-0.2, -0.15) is 0 Å². The number of hydrogen-bond acceptors (Lipinski definition) is 4. The van der Waals surface area contributed by atoms with Crippen molar-refractivity contribution in [1.29, 1.82) is 0 Å². The summed E-state index contributed by atoms with van der Waals surface area (Å²) in [5, 5.41) is 15.8. The number of aliphatic hydroxyl groups is 1. The van der Waals surface area contributed by atoms with Crippen molar-refractivity contribution in [2.24, 2.45) is 0 Å². The number of hydrogen-bond donors (Lipinski definition) is 3. The topological polar surface area (TPSA) is 64.6 Å². The number of rotatable bonds is 7. The molecule has 0 aromatic rings. The van der Waals surface area contributed by atoms with Gasteiger partial charge < -0.3 is 15.7 Å². The third-order valence-electron chi connectivity index (χ3n) is 4.63. The van der Waals surface area contributed by atoms with Gasteiger partial charge in [-0.05, 0) is 39.2 Å². The molecule has 0 aromatic carbocycles. The molecule has 0 aromatic heterocycles. The Bertz CT molecular complexity index is 299. The molecule has 1 aliphatic carbocycles. The lowest BCUT2D eigenvalue weighted by molar-refractivity contribution is -0.126. The Labute approximate surface area is 122 Å². The average Bonchev–Trinajstić information content (AvgIpc) is 3.10. The molecular weight excluding hydrogens is 254 g/mol. The first-order valence-electron chi connectivity index (χ1n) is 8.09. The summed E-state index contributed by atoms with van der Waals surface area (Å²) in [6, 6.07) is 0.666. The fraction of sp³-hybridized carbons (Fsp3) is 0.933. The molecule has 0 radical (unpaired) electrons. The number of aliphatic hydroxyl groups excluding tert-OH is 1. The fourth-order valence-electron chi connectivity index (χ4n) is 3.32. The maximum absolute atomic E-state index is 12.3. The fourth-order valence-corrected chi connectivity index (χ4v) is 3.32. The molecule has 0 bridgehead atoms. The quantitative estimate of drug-likeness (QED) is 0.636. The van der Waals surface area contributed by atoms with E-state index in [9.17, 15) is 9.90 Å². The third kappa shape index (κ3) is 4.43. The van der Waals surface area contributed by atoms with Crippen molar-refractivity contribution in [3.05, 3.63) is 0 Å². The summed E-state index contributed by atoms with van der Waals surface area (Å²) in [5.74, 6) is 0.114. The summed E-state index contributed by atoms with van der Waals surface area (Å²) in [4.78, 5) is 14.4. The average molecular weight is 283 g/mol. The minimum atomic E-state index is -0.162. The van der Waals surface area contributed by atoms with Crippen LogP contribution in [-0.4, -0.2) is 60.3 Å². The molecule has 2 atom stereocenters. The third-order valence-corrected chi connectivity index (χ3v) is 4.63. The van der Waals surface area contributed by atoms with Crippen molar-refractivity contribution in [3.8, 4) is 0 Å². The molecule has 5 nitrogen and oxygen atoms in total. The molecule has 5 heteroatoms. The van der Waals surface area contributed by atoms with E-state index < -0.39 is 0 Å². The number of carbonyl (C=O) groups excluding carboxylic acids is 1. The van der Waals surface area contributed by atoms with Gasteiger partial charge in [0.1, 0.15) is 0 Å². The largest absolute Gasteiger partial charge is 0.395 e. The zero-order valence-electron chi connectivity index (χ0n) is 12.6. The predicted octanol–water partition coefficient (Wildman–Crippen LogP) is 0.480. The molecule has 2 rings (SSSR count). The van der Waals surface area contributed by atoms with Gasteiger partial charge in [-0.15, -0.1) is 0 Å². The highest BCUT2D eigenvalue weighted by molar-refractivity contribution is 5.81. The molecule has 2 aliphatic rings. The van der Waals surface area contributed by atoms with Gasteiger partial charge in [0.05, 0.1) is 12.6 Å². The molecule has 1 aliphatic heterocycles. The second-order valence-corrected chi connectivity index (χ2v) is 6.18. The summed E-state index contributed by atoms with van der Waals surface area (Å²) in [5.41, 5.74) is 0. The van der Waals surface area contributed by atoms with E-state index in [0.29, 0.717) is 18.6 Å². The van der Waals surface area contributed by atoms with E-state index in [1.165, 1.54) is 25.7 Å². The number of amides is 1. The molecule has 1 saturated carbocycles. The molecule has 2 unspecified atom stereocenters. The summed E-state index contributed by atoms with van der Waals surface area (Å²) >= 11 is 0. The molecular formula is C15H29N3O2. The zero-order chi connectivity index (χ0) is 14.4. The Kier molecular flexibility index (Phi) is 6.26. The highest BCUT2D eigenvalue weighted by atomic mass is 16.3. The molecule has 0 spiro atoms. The van der Waals surface area contributed by atoms with E-state index in [2.05, 4.69) is 15.5 Å². The van der Waals surface area contributed by atoms with Crippen LogP contribution in [0.4, 0.5) is 0 Å². The van der Waals surface area contributed by atoms with Crippen LogP contribution < -0.4 is 10.6 Å². The van der Waals surface area contributed by atoms with Crippen molar-refractivity contribution < 1.29 is 9.90 Å². The zero-order valence-corrected chi connectivity index (χ0v) is 12.6. The Balaban J connectivity index is 1.83. The highest BCUT2D eigenvalue weighted by Crippen LogP contribution is 2.18. The molecule has 2 fully saturated rings. The Morgan fingerprint density at radius 1 is 1.35 bits per heavy atom. The van der Waals surface area contributed by atoms with Crippen LogP contribution in [-0.2, 0) is 4.79 Å². The van der Waals surface area contributed by atoms with Gasteiger partial charge in [-0.3, -0.25) is 9.69 Å². The predicted molar refractivity (Wildman–Crippen MR) is 79.5 cm³/mol. The Morgan fingerprint density at radius 2 is 2.10 bits per heavy atom. The Morgan fingerprint density at radius 3 is 2.70 bits per heavy atom. The van der Waals surface area contributed by atoms with Crippen LogP contribution >= 0.6 is 0 Å². The minimum absolute atomic E-state index is 0.105. The summed E-state index contributed by atoms with van der Waals surface area (Å²) in [6.45, 7) is 4.54. The van der Waals surface area contributed by atoms with Gasteiger partial charge >= 0.3 is 0 Å². The maximum Gasteiger partial charge on any atom is 0.237 e. The first-order valence-corrected chi connectivity index (χ1v) is 8.09.